The molecule has 2 saturated heterocycles. The van der Waals surface area contributed by atoms with Gasteiger partial charge >= 0.3 is 0 Å². The normalized spacial score (nSPS) is 23.4. The molecule has 6 rings (SSSR count). The molecule has 4 aromatic rings. The molecule has 3 aromatic heterocycles. The molecular formula is C21H23ClN8O. The monoisotopic (exact) mass is 438 g/mol. The van der Waals surface area contributed by atoms with Crippen LogP contribution in [-0.4, -0.2) is 47.7 Å². The van der Waals surface area contributed by atoms with Crippen LogP contribution in [0.4, 0.5) is 5.95 Å². The smallest absolute Gasteiger partial charge is 0.264 e. The summed E-state index contributed by atoms with van der Waals surface area (Å²) < 4.78 is 3.31. The number of hydrogen-bond donors (Lipinski definition) is 2. The summed E-state index contributed by atoms with van der Waals surface area (Å²) in [5.74, 6) is 0.711. The van der Waals surface area contributed by atoms with Gasteiger partial charge in [0.25, 0.3) is 5.56 Å². The average molecular weight is 439 g/mol. The van der Waals surface area contributed by atoms with Gasteiger partial charge in [-0.3, -0.25) is 9.36 Å². The second-order valence-electron chi connectivity index (χ2n) is 8.73. The lowest BCUT2D eigenvalue weighted by Gasteiger charge is -2.38. The Balaban J connectivity index is 1.53. The van der Waals surface area contributed by atoms with Crippen LogP contribution in [0, 0.1) is 0 Å². The van der Waals surface area contributed by atoms with Gasteiger partial charge in [-0.2, -0.15) is 4.98 Å². The summed E-state index contributed by atoms with van der Waals surface area (Å²) in [5.41, 5.74) is 9.64. The van der Waals surface area contributed by atoms with Crippen molar-refractivity contribution in [3.05, 3.63) is 33.7 Å². The Morgan fingerprint density at radius 3 is 2.65 bits per heavy atom. The molecule has 3 N–H and O–H groups in total. The number of fused-ring (bicyclic) bond motifs is 4. The van der Waals surface area contributed by atoms with Crippen LogP contribution in [0.3, 0.4) is 0 Å². The summed E-state index contributed by atoms with van der Waals surface area (Å²) in [6, 6.07) is 4.65. The number of rotatable bonds is 2. The lowest BCUT2D eigenvalue weighted by atomic mass is 9.98. The van der Waals surface area contributed by atoms with E-state index in [1.165, 1.54) is 0 Å². The second kappa shape index (κ2) is 6.54. The molecule has 3 atom stereocenters. The Labute approximate surface area is 182 Å². The van der Waals surface area contributed by atoms with E-state index in [1.54, 1.807) is 29.5 Å². The van der Waals surface area contributed by atoms with E-state index in [-0.39, 0.29) is 11.6 Å². The molecular weight excluding hydrogens is 416 g/mol. The van der Waals surface area contributed by atoms with E-state index in [2.05, 4.69) is 20.2 Å². The van der Waals surface area contributed by atoms with Crippen molar-refractivity contribution in [1.29, 1.82) is 0 Å². The third kappa shape index (κ3) is 2.59. The number of piperidine rings is 1. The maximum atomic E-state index is 13.5. The lowest BCUT2D eigenvalue weighted by Crippen LogP contribution is -2.49. The molecule has 0 aliphatic carbocycles. The summed E-state index contributed by atoms with van der Waals surface area (Å²) in [5, 5.41) is 9.20. The predicted octanol–water partition coefficient (Wildman–Crippen LogP) is 2.32. The molecule has 2 aliphatic heterocycles. The quantitative estimate of drug-likeness (QED) is 0.497. The van der Waals surface area contributed by atoms with Crippen LogP contribution in [0.2, 0.25) is 5.02 Å². The molecule has 0 radical (unpaired) electrons. The topological polar surface area (TPSA) is 111 Å². The summed E-state index contributed by atoms with van der Waals surface area (Å²) in [6.45, 7) is 0. The van der Waals surface area contributed by atoms with Crippen molar-refractivity contribution in [1.82, 2.24) is 29.5 Å². The van der Waals surface area contributed by atoms with Crippen molar-refractivity contribution in [2.75, 3.05) is 4.90 Å². The zero-order chi connectivity index (χ0) is 21.4. The standard InChI is InChI=1S/C21H23ClN8O/c1-28-20(31)16-14(13-5-6-15-18(17(13)22)29(2)27-26-15)9-24-19(16)25-21(28)30-11-3-4-12(30)8-10(23)7-11/h5-6,9-12,24H,3-4,7-8,23H2,1-2H3/t10-,11+,12-. The highest BCUT2D eigenvalue weighted by molar-refractivity contribution is 6.38. The van der Waals surface area contributed by atoms with Crippen LogP contribution in [0.15, 0.2) is 23.1 Å². The second-order valence-corrected chi connectivity index (χ2v) is 9.11. The first-order chi connectivity index (χ1) is 14.9. The number of hydrogen-bond acceptors (Lipinski definition) is 6. The summed E-state index contributed by atoms with van der Waals surface area (Å²) in [7, 11) is 3.59. The Morgan fingerprint density at radius 1 is 1.16 bits per heavy atom. The number of halogens is 1. The van der Waals surface area contributed by atoms with Gasteiger partial charge in [-0.15, -0.1) is 5.10 Å². The number of benzene rings is 1. The van der Waals surface area contributed by atoms with E-state index in [9.17, 15) is 4.79 Å². The molecule has 0 spiro atoms. The fourth-order valence-corrected chi connectivity index (χ4v) is 5.83. The van der Waals surface area contributed by atoms with Crippen molar-refractivity contribution >= 4 is 39.6 Å². The van der Waals surface area contributed by atoms with Gasteiger partial charge < -0.3 is 15.6 Å². The van der Waals surface area contributed by atoms with Gasteiger partial charge in [0.2, 0.25) is 5.95 Å². The first kappa shape index (κ1) is 18.8. The molecule has 160 valence electrons. The van der Waals surface area contributed by atoms with E-state index in [0.29, 0.717) is 39.6 Å². The molecule has 5 heterocycles. The molecule has 2 aliphatic rings. The van der Waals surface area contributed by atoms with Gasteiger partial charge in [0.1, 0.15) is 16.7 Å². The zero-order valence-electron chi connectivity index (χ0n) is 17.3. The highest BCUT2D eigenvalue weighted by Gasteiger charge is 2.41. The van der Waals surface area contributed by atoms with Crippen LogP contribution in [0.1, 0.15) is 25.7 Å². The molecule has 2 fully saturated rings. The number of nitrogens with one attached hydrogen (secondary N) is 1. The van der Waals surface area contributed by atoms with E-state index in [0.717, 1.165) is 42.3 Å². The highest BCUT2D eigenvalue weighted by atomic mass is 35.5. The third-order valence-corrected chi connectivity index (χ3v) is 7.27. The molecule has 2 bridgehead atoms. The molecule has 0 unspecified atom stereocenters. The number of nitrogens with zero attached hydrogens (tertiary/aromatic N) is 6. The number of aromatic nitrogens is 6. The maximum absolute atomic E-state index is 13.5. The molecule has 1 aromatic carbocycles. The summed E-state index contributed by atoms with van der Waals surface area (Å²) in [4.78, 5) is 23.9. The Hall–Kier alpha value is -2.91. The van der Waals surface area contributed by atoms with Gasteiger partial charge in [-0.05, 0) is 31.7 Å². The van der Waals surface area contributed by atoms with Crippen molar-refractivity contribution in [3.8, 4) is 11.1 Å². The van der Waals surface area contributed by atoms with Crippen LogP contribution >= 0.6 is 11.6 Å². The Morgan fingerprint density at radius 2 is 1.90 bits per heavy atom. The average Bonchev–Trinajstić information content (AvgIpc) is 3.40. The first-order valence-electron chi connectivity index (χ1n) is 10.5. The van der Waals surface area contributed by atoms with Gasteiger partial charge in [0.05, 0.1) is 10.4 Å². The number of aryl methyl sites for hydroxylation is 1. The van der Waals surface area contributed by atoms with E-state index in [1.807, 2.05) is 12.1 Å². The Bertz CT molecular complexity index is 1390. The molecule has 10 heteroatoms. The van der Waals surface area contributed by atoms with Crippen LogP contribution in [0.25, 0.3) is 33.2 Å². The minimum atomic E-state index is -0.0928. The van der Waals surface area contributed by atoms with E-state index >= 15 is 0 Å². The third-order valence-electron chi connectivity index (χ3n) is 6.89. The number of aromatic amines is 1. The Kier molecular flexibility index (Phi) is 3.97. The maximum Gasteiger partial charge on any atom is 0.264 e. The molecule has 0 amide bonds. The van der Waals surface area contributed by atoms with Crippen molar-refractivity contribution in [3.63, 3.8) is 0 Å². The minimum Gasteiger partial charge on any atom is -0.345 e. The fraction of sp³-hybridized carbons (Fsp3) is 0.429. The van der Waals surface area contributed by atoms with E-state index in [4.69, 9.17) is 22.3 Å². The van der Waals surface area contributed by atoms with E-state index < -0.39 is 0 Å². The van der Waals surface area contributed by atoms with Crippen LogP contribution in [0.5, 0.6) is 0 Å². The highest BCUT2D eigenvalue weighted by Crippen LogP contribution is 2.39. The van der Waals surface area contributed by atoms with Crippen LogP contribution < -0.4 is 16.2 Å². The first-order valence-corrected chi connectivity index (χ1v) is 10.9. The predicted molar refractivity (Wildman–Crippen MR) is 120 cm³/mol. The summed E-state index contributed by atoms with van der Waals surface area (Å²) in [6.07, 6.45) is 5.87. The van der Waals surface area contributed by atoms with Crippen molar-refractivity contribution in [2.24, 2.45) is 19.8 Å². The summed E-state index contributed by atoms with van der Waals surface area (Å²) >= 11 is 6.72. The zero-order valence-corrected chi connectivity index (χ0v) is 18.1. The number of anilines is 1. The molecule has 31 heavy (non-hydrogen) atoms. The van der Waals surface area contributed by atoms with Gasteiger partial charge in [-0.25, -0.2) is 4.68 Å². The largest absolute Gasteiger partial charge is 0.345 e. The van der Waals surface area contributed by atoms with Crippen molar-refractivity contribution in [2.45, 2.75) is 43.8 Å². The van der Waals surface area contributed by atoms with Crippen molar-refractivity contribution < 1.29 is 0 Å². The molecule has 0 saturated carbocycles. The number of nitrogens with two attached hydrogens (primary N) is 1. The molecule has 9 nitrogen and oxygen atoms in total. The fourth-order valence-electron chi connectivity index (χ4n) is 5.45. The van der Waals surface area contributed by atoms with Gasteiger partial charge in [0, 0.05) is 49.5 Å². The van der Waals surface area contributed by atoms with Gasteiger partial charge in [-0.1, -0.05) is 22.9 Å². The lowest BCUT2D eigenvalue weighted by molar-refractivity contribution is 0.405. The minimum absolute atomic E-state index is 0.0928. The van der Waals surface area contributed by atoms with Gasteiger partial charge in [0.15, 0.2) is 0 Å². The SMILES string of the molecule is Cn1c(N2[C@@H]3CC[C@H]2C[C@@H](N)C3)nc2[nH]cc(-c3ccc4nnn(C)c4c3Cl)c2c1=O. The number of H-pyrrole nitrogens is 1. The van der Waals surface area contributed by atoms with Crippen LogP contribution in [-0.2, 0) is 14.1 Å².